The van der Waals surface area contributed by atoms with Crippen molar-refractivity contribution < 1.29 is 9.32 Å². The average Bonchev–Trinajstić information content (AvgIpc) is 3.15. The number of carbonyl (C=O) groups is 1. The van der Waals surface area contributed by atoms with Crippen LogP contribution >= 0.6 is 0 Å². The van der Waals surface area contributed by atoms with Gasteiger partial charge in [0.2, 0.25) is 5.91 Å². The van der Waals surface area contributed by atoms with Crippen LogP contribution in [0.3, 0.4) is 0 Å². The van der Waals surface area contributed by atoms with Gasteiger partial charge >= 0.3 is 6.01 Å². The number of aromatic nitrogens is 2. The number of amides is 1. The molecule has 3 rings (SSSR count). The van der Waals surface area contributed by atoms with E-state index in [1.54, 1.807) is 0 Å². The van der Waals surface area contributed by atoms with Crippen LogP contribution in [0.2, 0.25) is 0 Å². The fraction of sp³-hybridized carbons (Fsp3) is 0.438. The fourth-order valence-electron chi connectivity index (χ4n) is 2.43. The van der Waals surface area contributed by atoms with E-state index < -0.39 is 0 Å². The molecular formula is C16H20N4O2. The van der Waals surface area contributed by atoms with Crippen molar-refractivity contribution in [2.45, 2.75) is 39.2 Å². The topological polar surface area (TPSA) is 71.3 Å². The summed E-state index contributed by atoms with van der Waals surface area (Å²) in [6.45, 7) is 5.46. The maximum absolute atomic E-state index is 11.7. The zero-order valence-electron chi connectivity index (χ0n) is 12.9. The van der Waals surface area contributed by atoms with Crippen LogP contribution in [-0.4, -0.2) is 22.6 Å². The Kier molecular flexibility index (Phi) is 4.09. The highest BCUT2D eigenvalue weighted by Gasteiger charge is 2.21. The second-order valence-electron chi connectivity index (χ2n) is 5.78. The Hall–Kier alpha value is -2.37. The molecule has 0 atom stereocenters. The molecule has 22 heavy (non-hydrogen) atoms. The second-order valence-corrected chi connectivity index (χ2v) is 5.78. The van der Waals surface area contributed by atoms with E-state index in [4.69, 9.17) is 4.52 Å². The van der Waals surface area contributed by atoms with Crippen LogP contribution < -0.4 is 10.2 Å². The molecule has 1 aromatic heterocycles. The molecular weight excluding hydrogens is 280 g/mol. The third kappa shape index (κ3) is 3.10. The van der Waals surface area contributed by atoms with Crippen molar-refractivity contribution in [2.24, 2.45) is 0 Å². The summed E-state index contributed by atoms with van der Waals surface area (Å²) < 4.78 is 5.14. The van der Waals surface area contributed by atoms with Gasteiger partial charge in [-0.15, -0.1) is 0 Å². The average molecular weight is 300 g/mol. The number of anilines is 2. The molecule has 1 N–H and O–H groups in total. The van der Waals surface area contributed by atoms with Gasteiger partial charge < -0.3 is 14.7 Å². The van der Waals surface area contributed by atoms with E-state index in [9.17, 15) is 4.79 Å². The minimum atomic E-state index is 0.206. The van der Waals surface area contributed by atoms with Gasteiger partial charge in [0.05, 0.1) is 0 Å². The number of nitrogens with zero attached hydrogens (tertiary/aromatic N) is 3. The SMILES string of the molecule is CC(C)c1noc(NCc2ccc(N3CCCC3=O)cc2)n1. The standard InChI is InChI=1S/C16H20N4O2/c1-11(2)15-18-16(22-19-15)17-10-12-5-7-13(8-6-12)20-9-3-4-14(20)21/h5-8,11H,3-4,9-10H2,1-2H3,(H,17,18,19). The molecule has 1 aliphatic rings. The highest BCUT2D eigenvalue weighted by molar-refractivity contribution is 5.95. The Labute approximate surface area is 129 Å². The smallest absolute Gasteiger partial charge is 0.321 e. The van der Waals surface area contributed by atoms with E-state index in [0.29, 0.717) is 24.8 Å². The fourth-order valence-corrected chi connectivity index (χ4v) is 2.43. The van der Waals surface area contributed by atoms with Crippen molar-refractivity contribution in [1.29, 1.82) is 0 Å². The lowest BCUT2D eigenvalue weighted by Gasteiger charge is -2.15. The quantitative estimate of drug-likeness (QED) is 0.919. The molecule has 0 saturated carbocycles. The molecule has 1 aromatic carbocycles. The van der Waals surface area contributed by atoms with Crippen LogP contribution in [-0.2, 0) is 11.3 Å². The molecule has 6 nitrogen and oxygen atoms in total. The van der Waals surface area contributed by atoms with E-state index >= 15 is 0 Å². The summed E-state index contributed by atoms with van der Waals surface area (Å²) in [5, 5.41) is 7.02. The van der Waals surface area contributed by atoms with Gasteiger partial charge in [-0.2, -0.15) is 4.98 Å². The molecule has 1 fully saturated rings. The first kappa shape index (κ1) is 14.6. The molecule has 1 amide bonds. The summed E-state index contributed by atoms with van der Waals surface area (Å²) in [4.78, 5) is 17.8. The van der Waals surface area contributed by atoms with Crippen LogP contribution in [0, 0.1) is 0 Å². The van der Waals surface area contributed by atoms with Gasteiger partial charge in [-0.3, -0.25) is 4.79 Å². The molecule has 0 unspecified atom stereocenters. The third-order valence-corrected chi connectivity index (χ3v) is 3.72. The van der Waals surface area contributed by atoms with Crippen molar-refractivity contribution in [2.75, 3.05) is 16.8 Å². The van der Waals surface area contributed by atoms with E-state index in [1.165, 1.54) is 0 Å². The Bertz CT molecular complexity index is 648. The minimum Gasteiger partial charge on any atom is -0.334 e. The minimum absolute atomic E-state index is 0.206. The van der Waals surface area contributed by atoms with E-state index in [1.807, 2.05) is 43.0 Å². The first-order valence-electron chi connectivity index (χ1n) is 7.60. The lowest BCUT2D eigenvalue weighted by atomic mass is 10.2. The lowest BCUT2D eigenvalue weighted by Crippen LogP contribution is -2.23. The number of hydrogen-bond acceptors (Lipinski definition) is 5. The Balaban J connectivity index is 1.60. The molecule has 1 aliphatic heterocycles. The van der Waals surface area contributed by atoms with Gasteiger partial charge in [-0.1, -0.05) is 31.1 Å². The third-order valence-electron chi connectivity index (χ3n) is 3.72. The van der Waals surface area contributed by atoms with Gasteiger partial charge in [-0.25, -0.2) is 0 Å². The van der Waals surface area contributed by atoms with E-state index in [2.05, 4.69) is 15.5 Å². The first-order chi connectivity index (χ1) is 10.6. The molecule has 0 bridgehead atoms. The van der Waals surface area contributed by atoms with Gasteiger partial charge in [-0.05, 0) is 24.1 Å². The molecule has 6 heteroatoms. The summed E-state index contributed by atoms with van der Waals surface area (Å²) >= 11 is 0. The van der Waals surface area contributed by atoms with Crippen molar-refractivity contribution >= 4 is 17.6 Å². The summed E-state index contributed by atoms with van der Waals surface area (Å²) in [6.07, 6.45) is 1.59. The number of rotatable bonds is 5. The van der Waals surface area contributed by atoms with Crippen molar-refractivity contribution in [3.8, 4) is 0 Å². The number of nitrogens with one attached hydrogen (secondary N) is 1. The maximum Gasteiger partial charge on any atom is 0.321 e. The molecule has 0 spiro atoms. The molecule has 0 radical (unpaired) electrons. The van der Waals surface area contributed by atoms with Crippen LogP contribution in [0.1, 0.15) is 44.0 Å². The lowest BCUT2D eigenvalue weighted by molar-refractivity contribution is -0.117. The first-order valence-corrected chi connectivity index (χ1v) is 7.60. The maximum atomic E-state index is 11.7. The Morgan fingerprint density at radius 1 is 1.32 bits per heavy atom. The van der Waals surface area contributed by atoms with Gasteiger partial charge in [0, 0.05) is 31.1 Å². The Morgan fingerprint density at radius 2 is 2.09 bits per heavy atom. The molecule has 2 heterocycles. The molecule has 116 valence electrons. The zero-order chi connectivity index (χ0) is 15.5. The largest absolute Gasteiger partial charge is 0.334 e. The Morgan fingerprint density at radius 3 is 2.68 bits per heavy atom. The number of benzene rings is 1. The molecule has 0 aliphatic carbocycles. The van der Waals surface area contributed by atoms with Crippen molar-refractivity contribution in [3.05, 3.63) is 35.7 Å². The summed E-state index contributed by atoms with van der Waals surface area (Å²) in [6, 6.07) is 8.41. The van der Waals surface area contributed by atoms with Crippen molar-refractivity contribution in [3.63, 3.8) is 0 Å². The van der Waals surface area contributed by atoms with Crippen LogP contribution in [0.15, 0.2) is 28.8 Å². The number of hydrogen-bond donors (Lipinski definition) is 1. The van der Waals surface area contributed by atoms with Crippen LogP contribution in [0.25, 0.3) is 0 Å². The molecule has 1 saturated heterocycles. The van der Waals surface area contributed by atoms with Gasteiger partial charge in [0.25, 0.3) is 0 Å². The van der Waals surface area contributed by atoms with Crippen molar-refractivity contribution in [1.82, 2.24) is 10.1 Å². The van der Waals surface area contributed by atoms with Crippen LogP contribution in [0.4, 0.5) is 11.7 Å². The normalized spacial score (nSPS) is 14.9. The predicted molar refractivity (Wildman–Crippen MR) is 83.7 cm³/mol. The zero-order valence-corrected chi connectivity index (χ0v) is 12.9. The van der Waals surface area contributed by atoms with Gasteiger partial charge in [0.1, 0.15) is 0 Å². The highest BCUT2D eigenvalue weighted by atomic mass is 16.5. The number of carbonyl (C=O) groups excluding carboxylic acids is 1. The highest BCUT2D eigenvalue weighted by Crippen LogP contribution is 2.22. The predicted octanol–water partition coefficient (Wildman–Crippen LogP) is 2.93. The van der Waals surface area contributed by atoms with Gasteiger partial charge in [0.15, 0.2) is 5.82 Å². The van der Waals surface area contributed by atoms with Crippen LogP contribution in [0.5, 0.6) is 0 Å². The van der Waals surface area contributed by atoms with E-state index in [0.717, 1.165) is 24.2 Å². The summed E-state index contributed by atoms with van der Waals surface area (Å²) in [7, 11) is 0. The van der Waals surface area contributed by atoms with E-state index in [-0.39, 0.29) is 11.8 Å². The molecule has 2 aromatic rings. The summed E-state index contributed by atoms with van der Waals surface area (Å²) in [5.41, 5.74) is 2.06. The summed E-state index contributed by atoms with van der Waals surface area (Å²) in [5.74, 6) is 1.15. The monoisotopic (exact) mass is 300 g/mol. The second kappa shape index (κ2) is 6.17.